The van der Waals surface area contributed by atoms with Gasteiger partial charge in [0.05, 0.1) is 17.4 Å². The number of nitrogens with zero attached hydrogens (tertiary/aromatic N) is 3. The summed E-state index contributed by atoms with van der Waals surface area (Å²) in [6.45, 7) is 4.03. The molecule has 1 heterocycles. The minimum atomic E-state index is -0.307. The molecule has 0 spiro atoms. The molecule has 1 unspecified atom stereocenters. The van der Waals surface area contributed by atoms with Crippen LogP contribution in [0.15, 0.2) is 6.20 Å². The van der Waals surface area contributed by atoms with Crippen LogP contribution in [0.25, 0.3) is 0 Å². The maximum absolute atomic E-state index is 5.98. The van der Waals surface area contributed by atoms with E-state index in [1.807, 2.05) is 20.9 Å². The molecule has 1 aromatic heterocycles. The molecule has 0 amide bonds. The van der Waals surface area contributed by atoms with Gasteiger partial charge in [0, 0.05) is 7.05 Å². The van der Waals surface area contributed by atoms with Gasteiger partial charge in [0.2, 0.25) is 0 Å². The van der Waals surface area contributed by atoms with E-state index >= 15 is 0 Å². The molecular weight excluding hydrogens is 140 g/mol. The summed E-state index contributed by atoms with van der Waals surface area (Å²) in [7, 11) is 1.85. The fraction of sp³-hybridized carbons (Fsp3) is 0.714. The second-order valence-electron chi connectivity index (χ2n) is 3.01. The van der Waals surface area contributed by atoms with E-state index in [1.54, 1.807) is 10.9 Å². The topological polar surface area (TPSA) is 56.7 Å². The van der Waals surface area contributed by atoms with Gasteiger partial charge in [0.25, 0.3) is 0 Å². The molecule has 4 heteroatoms. The van der Waals surface area contributed by atoms with E-state index in [9.17, 15) is 0 Å². The minimum Gasteiger partial charge on any atom is -0.320 e. The van der Waals surface area contributed by atoms with Crippen LogP contribution in [0.3, 0.4) is 0 Å². The first kappa shape index (κ1) is 8.20. The van der Waals surface area contributed by atoms with Gasteiger partial charge in [0.15, 0.2) is 0 Å². The SMILES string of the molecule is CCC(C)(N)c1cnnn1C. The average molecular weight is 154 g/mol. The maximum atomic E-state index is 5.98. The first-order valence-electron chi connectivity index (χ1n) is 3.72. The highest BCUT2D eigenvalue weighted by Gasteiger charge is 2.22. The van der Waals surface area contributed by atoms with Crippen molar-refractivity contribution < 1.29 is 0 Å². The Balaban J connectivity index is 3.00. The van der Waals surface area contributed by atoms with Crippen molar-refractivity contribution in [2.75, 3.05) is 0 Å². The van der Waals surface area contributed by atoms with E-state index in [2.05, 4.69) is 10.3 Å². The van der Waals surface area contributed by atoms with E-state index in [-0.39, 0.29) is 5.54 Å². The van der Waals surface area contributed by atoms with Crippen molar-refractivity contribution in [3.05, 3.63) is 11.9 Å². The van der Waals surface area contributed by atoms with Crippen LogP contribution in [0.4, 0.5) is 0 Å². The Bertz CT molecular complexity index is 238. The van der Waals surface area contributed by atoms with Gasteiger partial charge in [-0.15, -0.1) is 5.10 Å². The van der Waals surface area contributed by atoms with Crippen molar-refractivity contribution in [1.29, 1.82) is 0 Å². The Morgan fingerprint density at radius 1 is 1.73 bits per heavy atom. The van der Waals surface area contributed by atoms with Crippen LogP contribution < -0.4 is 5.73 Å². The molecule has 0 aliphatic rings. The van der Waals surface area contributed by atoms with Crippen LogP contribution >= 0.6 is 0 Å². The van der Waals surface area contributed by atoms with E-state index in [0.29, 0.717) is 0 Å². The smallest absolute Gasteiger partial charge is 0.0779 e. The number of hydrogen-bond acceptors (Lipinski definition) is 3. The molecule has 1 aromatic rings. The predicted molar refractivity (Wildman–Crippen MR) is 42.8 cm³/mol. The zero-order valence-corrected chi connectivity index (χ0v) is 7.20. The van der Waals surface area contributed by atoms with Gasteiger partial charge in [-0.3, -0.25) is 4.68 Å². The molecule has 2 N–H and O–H groups in total. The summed E-state index contributed by atoms with van der Waals surface area (Å²) < 4.78 is 1.71. The molecule has 1 rings (SSSR count). The first-order chi connectivity index (χ1) is 5.08. The zero-order valence-electron chi connectivity index (χ0n) is 7.20. The minimum absolute atomic E-state index is 0.307. The molecule has 0 aliphatic carbocycles. The molecule has 0 saturated carbocycles. The fourth-order valence-electron chi connectivity index (χ4n) is 0.988. The van der Waals surface area contributed by atoms with E-state index in [0.717, 1.165) is 12.1 Å². The molecule has 0 aliphatic heterocycles. The molecule has 4 nitrogen and oxygen atoms in total. The second kappa shape index (κ2) is 2.62. The lowest BCUT2D eigenvalue weighted by Gasteiger charge is -2.21. The van der Waals surface area contributed by atoms with Crippen LogP contribution in [-0.2, 0) is 12.6 Å². The molecule has 0 bridgehead atoms. The van der Waals surface area contributed by atoms with Crippen molar-refractivity contribution >= 4 is 0 Å². The van der Waals surface area contributed by atoms with E-state index < -0.39 is 0 Å². The Labute approximate surface area is 66.4 Å². The third kappa shape index (κ3) is 1.40. The summed E-state index contributed by atoms with van der Waals surface area (Å²) in [6, 6.07) is 0. The van der Waals surface area contributed by atoms with Gasteiger partial charge in [-0.2, -0.15) is 0 Å². The lowest BCUT2D eigenvalue weighted by Crippen LogP contribution is -2.34. The molecule has 11 heavy (non-hydrogen) atoms. The largest absolute Gasteiger partial charge is 0.320 e. The monoisotopic (exact) mass is 154 g/mol. The standard InChI is InChI=1S/C7H14N4/c1-4-7(2,8)6-5-9-10-11(6)3/h5H,4,8H2,1-3H3. The third-order valence-electron chi connectivity index (χ3n) is 2.03. The van der Waals surface area contributed by atoms with Crippen LogP contribution in [0.2, 0.25) is 0 Å². The highest BCUT2D eigenvalue weighted by molar-refractivity contribution is 5.07. The molecular formula is C7H14N4. The van der Waals surface area contributed by atoms with Gasteiger partial charge >= 0.3 is 0 Å². The highest BCUT2D eigenvalue weighted by atomic mass is 15.4. The van der Waals surface area contributed by atoms with Crippen molar-refractivity contribution in [1.82, 2.24) is 15.0 Å². The molecule has 0 radical (unpaired) electrons. The van der Waals surface area contributed by atoms with Gasteiger partial charge in [-0.25, -0.2) is 0 Å². The molecule has 0 fully saturated rings. The van der Waals surface area contributed by atoms with Crippen LogP contribution in [0.5, 0.6) is 0 Å². The maximum Gasteiger partial charge on any atom is 0.0779 e. The fourth-order valence-corrected chi connectivity index (χ4v) is 0.988. The summed E-state index contributed by atoms with van der Waals surface area (Å²) in [5.41, 5.74) is 6.65. The summed E-state index contributed by atoms with van der Waals surface area (Å²) in [6.07, 6.45) is 2.59. The Hall–Kier alpha value is -0.900. The van der Waals surface area contributed by atoms with Gasteiger partial charge in [-0.1, -0.05) is 12.1 Å². The van der Waals surface area contributed by atoms with Crippen LogP contribution in [0.1, 0.15) is 26.0 Å². The van der Waals surface area contributed by atoms with E-state index in [4.69, 9.17) is 5.73 Å². The van der Waals surface area contributed by atoms with Crippen molar-refractivity contribution in [2.24, 2.45) is 12.8 Å². The molecule has 1 atom stereocenters. The first-order valence-corrected chi connectivity index (χ1v) is 3.72. The van der Waals surface area contributed by atoms with Crippen molar-refractivity contribution in [3.8, 4) is 0 Å². The molecule has 0 aromatic carbocycles. The number of rotatable bonds is 2. The highest BCUT2D eigenvalue weighted by Crippen LogP contribution is 2.18. The average Bonchev–Trinajstić information content (AvgIpc) is 2.36. The molecule has 62 valence electrons. The zero-order chi connectivity index (χ0) is 8.48. The Kier molecular flexibility index (Phi) is 1.95. The number of nitrogens with two attached hydrogens (primary N) is 1. The number of hydrogen-bond donors (Lipinski definition) is 1. The molecule has 0 saturated heterocycles. The van der Waals surface area contributed by atoms with Gasteiger partial charge in [-0.05, 0) is 13.3 Å². The van der Waals surface area contributed by atoms with E-state index in [1.165, 1.54) is 0 Å². The summed E-state index contributed by atoms with van der Waals surface area (Å²) in [5.74, 6) is 0. The second-order valence-corrected chi connectivity index (χ2v) is 3.01. The Morgan fingerprint density at radius 2 is 2.36 bits per heavy atom. The van der Waals surface area contributed by atoms with Crippen LogP contribution in [-0.4, -0.2) is 15.0 Å². The Morgan fingerprint density at radius 3 is 2.73 bits per heavy atom. The van der Waals surface area contributed by atoms with Crippen molar-refractivity contribution in [3.63, 3.8) is 0 Å². The number of aryl methyl sites for hydroxylation is 1. The normalized spacial score (nSPS) is 16.4. The van der Waals surface area contributed by atoms with Gasteiger partial charge < -0.3 is 5.73 Å². The number of aromatic nitrogens is 3. The van der Waals surface area contributed by atoms with Gasteiger partial charge in [0.1, 0.15) is 0 Å². The van der Waals surface area contributed by atoms with Crippen molar-refractivity contribution in [2.45, 2.75) is 25.8 Å². The predicted octanol–water partition coefficient (Wildman–Crippen LogP) is 0.399. The summed E-state index contributed by atoms with van der Waals surface area (Å²) >= 11 is 0. The summed E-state index contributed by atoms with van der Waals surface area (Å²) in [5, 5.41) is 7.59. The third-order valence-corrected chi connectivity index (χ3v) is 2.03. The summed E-state index contributed by atoms with van der Waals surface area (Å²) in [4.78, 5) is 0. The quantitative estimate of drug-likeness (QED) is 0.670. The lowest BCUT2D eigenvalue weighted by atomic mass is 9.97. The lowest BCUT2D eigenvalue weighted by molar-refractivity contribution is 0.435. The van der Waals surface area contributed by atoms with Crippen LogP contribution in [0, 0.1) is 0 Å².